The Kier molecular flexibility index (Phi) is 3.48. The maximum atomic E-state index is 4.62. The molecule has 0 aliphatic carbocycles. The van der Waals surface area contributed by atoms with Crippen LogP contribution in [-0.4, -0.2) is 10.7 Å². The second kappa shape index (κ2) is 5.34. The molecule has 0 bridgehead atoms. The van der Waals surface area contributed by atoms with Crippen LogP contribution in [0.2, 0.25) is 0 Å². The van der Waals surface area contributed by atoms with E-state index in [-0.39, 0.29) is 0 Å². The number of thioether (sulfide) groups is 2. The third kappa shape index (κ3) is 2.30. The zero-order valence-electron chi connectivity index (χ0n) is 11.9. The molecule has 0 N–H and O–H groups in total. The molecule has 106 valence electrons. The van der Waals surface area contributed by atoms with Gasteiger partial charge in [0, 0.05) is 42.1 Å². The van der Waals surface area contributed by atoms with Crippen molar-refractivity contribution < 1.29 is 0 Å². The summed E-state index contributed by atoms with van der Waals surface area (Å²) in [5, 5.41) is 1.73. The fourth-order valence-corrected chi connectivity index (χ4v) is 7.18. The van der Waals surface area contributed by atoms with Gasteiger partial charge in [0.15, 0.2) is 0 Å². The highest BCUT2D eigenvalue weighted by Gasteiger charge is 2.27. The highest BCUT2D eigenvalue weighted by Crippen LogP contribution is 2.53. The van der Waals surface area contributed by atoms with E-state index in [9.17, 15) is 0 Å². The summed E-state index contributed by atoms with van der Waals surface area (Å²) in [4.78, 5) is 10.5. The van der Waals surface area contributed by atoms with Gasteiger partial charge in [-0.2, -0.15) is 0 Å². The van der Waals surface area contributed by atoms with Gasteiger partial charge in [-0.05, 0) is 25.5 Å². The maximum absolute atomic E-state index is 4.62. The van der Waals surface area contributed by atoms with Crippen LogP contribution in [0, 0.1) is 13.8 Å². The quantitative estimate of drug-likeness (QED) is 0.555. The van der Waals surface area contributed by atoms with Crippen LogP contribution < -0.4 is 0 Å². The monoisotopic (exact) mass is 329 g/mol. The van der Waals surface area contributed by atoms with Crippen LogP contribution in [-0.2, 0) is 0 Å². The van der Waals surface area contributed by atoms with Crippen molar-refractivity contribution in [1.82, 2.24) is 4.98 Å². The molecule has 1 aliphatic heterocycles. The third-order valence-electron chi connectivity index (χ3n) is 3.80. The second-order valence-electron chi connectivity index (χ2n) is 5.21. The van der Waals surface area contributed by atoms with Gasteiger partial charge >= 0.3 is 0 Å². The molecule has 0 fully saturated rings. The van der Waals surface area contributed by atoms with E-state index in [2.05, 4.69) is 43.1 Å². The minimum atomic E-state index is 0.494. The first-order valence-corrected chi connectivity index (χ1v) is 9.65. The molecular formula is C17H15NS3. The van der Waals surface area contributed by atoms with Crippen LogP contribution in [0.4, 0.5) is 0 Å². The number of fused-ring (bicyclic) bond motifs is 2. The Hall–Kier alpha value is -0.970. The fourth-order valence-electron chi connectivity index (χ4n) is 2.82. The highest BCUT2D eigenvalue weighted by atomic mass is 32.2. The van der Waals surface area contributed by atoms with Crippen molar-refractivity contribution in [1.29, 1.82) is 0 Å². The standard InChI is InChI=1S/C17H15NS3/c1-10-16-17(11(2)20-10)21-14(9-19-16)13-7-3-5-12-6-4-8-18-15(12)13/h3-8,14H,9H2,1-2H3. The lowest BCUT2D eigenvalue weighted by atomic mass is 10.1. The number of aromatic nitrogens is 1. The van der Waals surface area contributed by atoms with Gasteiger partial charge in [0.1, 0.15) is 0 Å². The molecule has 0 spiro atoms. The molecule has 1 aliphatic rings. The molecule has 0 saturated heterocycles. The summed E-state index contributed by atoms with van der Waals surface area (Å²) in [5.74, 6) is 1.13. The molecule has 1 aromatic carbocycles. The van der Waals surface area contributed by atoms with Crippen molar-refractivity contribution in [2.24, 2.45) is 0 Å². The lowest BCUT2D eigenvalue weighted by Crippen LogP contribution is -2.04. The largest absolute Gasteiger partial charge is 0.256 e. The van der Waals surface area contributed by atoms with Crippen molar-refractivity contribution in [3.8, 4) is 0 Å². The molecule has 21 heavy (non-hydrogen) atoms. The summed E-state index contributed by atoms with van der Waals surface area (Å²) in [7, 11) is 0. The lowest BCUT2D eigenvalue weighted by Gasteiger charge is -2.23. The molecule has 0 saturated carbocycles. The topological polar surface area (TPSA) is 12.9 Å². The van der Waals surface area contributed by atoms with E-state index < -0.39 is 0 Å². The predicted octanol–water partition coefficient (Wildman–Crippen LogP) is 5.85. The van der Waals surface area contributed by atoms with Gasteiger partial charge in [0.2, 0.25) is 0 Å². The molecule has 1 atom stereocenters. The van der Waals surface area contributed by atoms with Crippen molar-refractivity contribution in [3.05, 3.63) is 51.8 Å². The Labute approximate surface area is 137 Å². The molecule has 1 unspecified atom stereocenters. The highest BCUT2D eigenvalue weighted by molar-refractivity contribution is 8.06. The minimum Gasteiger partial charge on any atom is -0.256 e. The Morgan fingerprint density at radius 3 is 2.76 bits per heavy atom. The zero-order valence-corrected chi connectivity index (χ0v) is 14.4. The number of hydrogen-bond acceptors (Lipinski definition) is 4. The van der Waals surface area contributed by atoms with E-state index >= 15 is 0 Å². The molecule has 3 heterocycles. The molecular weight excluding hydrogens is 314 g/mol. The number of aryl methyl sites for hydroxylation is 2. The van der Waals surface area contributed by atoms with E-state index in [1.54, 1.807) is 0 Å². The summed E-state index contributed by atoms with van der Waals surface area (Å²) >= 11 is 5.96. The number of hydrogen-bond donors (Lipinski definition) is 0. The lowest BCUT2D eigenvalue weighted by molar-refractivity contribution is 1.07. The zero-order chi connectivity index (χ0) is 14.4. The fraction of sp³-hybridized carbons (Fsp3) is 0.235. The summed E-state index contributed by atoms with van der Waals surface area (Å²) in [5.41, 5.74) is 2.53. The minimum absolute atomic E-state index is 0.494. The number of pyridine rings is 1. The third-order valence-corrected chi connectivity index (χ3v) is 8.17. The summed E-state index contributed by atoms with van der Waals surface area (Å²) in [6, 6.07) is 10.7. The molecule has 3 aromatic rings. The number of para-hydroxylation sites is 1. The molecule has 1 nitrogen and oxygen atoms in total. The van der Waals surface area contributed by atoms with Gasteiger partial charge in [0.05, 0.1) is 5.52 Å². The van der Waals surface area contributed by atoms with Gasteiger partial charge in [-0.15, -0.1) is 34.9 Å². The van der Waals surface area contributed by atoms with E-state index in [0.717, 1.165) is 11.3 Å². The average molecular weight is 330 g/mol. The van der Waals surface area contributed by atoms with Gasteiger partial charge in [0.25, 0.3) is 0 Å². The Morgan fingerprint density at radius 1 is 1.05 bits per heavy atom. The van der Waals surface area contributed by atoms with E-state index in [0.29, 0.717) is 5.25 Å². The van der Waals surface area contributed by atoms with E-state index in [1.807, 2.05) is 47.1 Å². The SMILES string of the molecule is Cc1sc(C)c2c1SCC(c1cccc3cccnc13)S2. The molecule has 4 rings (SSSR count). The van der Waals surface area contributed by atoms with E-state index in [4.69, 9.17) is 0 Å². The van der Waals surface area contributed by atoms with Crippen LogP contribution in [0.5, 0.6) is 0 Å². The summed E-state index contributed by atoms with van der Waals surface area (Å²) in [6.45, 7) is 4.48. The smallest absolute Gasteiger partial charge is 0.0745 e. The van der Waals surface area contributed by atoms with Gasteiger partial charge in [-0.25, -0.2) is 0 Å². The van der Waals surface area contributed by atoms with E-state index in [1.165, 1.54) is 30.5 Å². The number of benzene rings is 1. The first kappa shape index (κ1) is 13.7. The first-order chi connectivity index (χ1) is 10.2. The molecule has 0 radical (unpaired) electrons. The average Bonchev–Trinajstić information content (AvgIpc) is 2.81. The Bertz CT molecular complexity index is 817. The molecule has 2 aromatic heterocycles. The maximum Gasteiger partial charge on any atom is 0.0745 e. The van der Waals surface area contributed by atoms with Gasteiger partial charge in [-0.1, -0.05) is 24.3 Å². The molecule has 0 amide bonds. The predicted molar refractivity (Wildman–Crippen MR) is 94.9 cm³/mol. The Balaban J connectivity index is 1.79. The second-order valence-corrected chi connectivity index (χ2v) is 8.88. The van der Waals surface area contributed by atoms with Gasteiger partial charge in [-0.3, -0.25) is 4.98 Å². The van der Waals surface area contributed by atoms with Crippen LogP contribution in [0.1, 0.15) is 20.6 Å². The summed E-state index contributed by atoms with van der Waals surface area (Å²) < 4.78 is 0. The number of rotatable bonds is 1. The van der Waals surface area contributed by atoms with Crippen LogP contribution in [0.3, 0.4) is 0 Å². The first-order valence-electron chi connectivity index (χ1n) is 6.97. The summed E-state index contributed by atoms with van der Waals surface area (Å²) in [6.07, 6.45) is 1.90. The van der Waals surface area contributed by atoms with Crippen LogP contribution in [0.15, 0.2) is 46.3 Å². The van der Waals surface area contributed by atoms with Crippen molar-refractivity contribution in [2.75, 3.05) is 5.75 Å². The van der Waals surface area contributed by atoms with Gasteiger partial charge < -0.3 is 0 Å². The van der Waals surface area contributed by atoms with Crippen LogP contribution in [0.25, 0.3) is 10.9 Å². The number of thiophene rings is 1. The van der Waals surface area contributed by atoms with Crippen molar-refractivity contribution >= 4 is 45.8 Å². The van der Waals surface area contributed by atoms with Crippen molar-refractivity contribution in [3.63, 3.8) is 0 Å². The van der Waals surface area contributed by atoms with Crippen molar-refractivity contribution in [2.45, 2.75) is 28.9 Å². The Morgan fingerprint density at radius 2 is 1.86 bits per heavy atom. The molecule has 4 heteroatoms. The van der Waals surface area contributed by atoms with Crippen LogP contribution >= 0.6 is 34.9 Å². The normalized spacial score (nSPS) is 17.9. The number of nitrogens with zero attached hydrogens (tertiary/aromatic N) is 1.